The van der Waals surface area contributed by atoms with Gasteiger partial charge in [0, 0.05) is 31.1 Å². The summed E-state index contributed by atoms with van der Waals surface area (Å²) in [6.07, 6.45) is 1.78. The Bertz CT molecular complexity index is 1350. The fraction of sp³-hybridized carbons (Fsp3) is 0.722. The van der Waals surface area contributed by atoms with Crippen LogP contribution >= 0.6 is 0 Å². The van der Waals surface area contributed by atoms with E-state index in [1.54, 1.807) is 19.1 Å². The Kier molecular flexibility index (Phi) is 11.6. The smallest absolute Gasteiger partial charge is 0.328 e. The zero-order valence-corrected chi connectivity index (χ0v) is 29.4. The molecule has 5 aliphatic rings. The van der Waals surface area contributed by atoms with E-state index < -0.39 is 59.8 Å². The van der Waals surface area contributed by atoms with E-state index in [1.807, 2.05) is 27.7 Å². The van der Waals surface area contributed by atoms with Crippen molar-refractivity contribution in [1.29, 1.82) is 0 Å². The van der Waals surface area contributed by atoms with Gasteiger partial charge in [-0.3, -0.25) is 14.4 Å². The van der Waals surface area contributed by atoms with Gasteiger partial charge in [0.25, 0.3) is 0 Å². The van der Waals surface area contributed by atoms with Gasteiger partial charge in [0.05, 0.1) is 13.0 Å². The average Bonchev–Trinajstić information content (AvgIpc) is 3.28. The lowest BCUT2D eigenvalue weighted by molar-refractivity contribution is -0.576. The zero-order chi connectivity index (χ0) is 35.5. The number of nitrogens with one attached hydrogen (secondary N) is 2. The van der Waals surface area contributed by atoms with Gasteiger partial charge in [-0.1, -0.05) is 39.8 Å². The minimum Gasteiger partial charge on any atom is -0.508 e. The highest BCUT2D eigenvalue weighted by atomic mass is 17.3. The van der Waals surface area contributed by atoms with E-state index in [0.29, 0.717) is 24.3 Å². The molecule has 2 bridgehead atoms. The molecule has 1 aromatic carbocycles. The summed E-state index contributed by atoms with van der Waals surface area (Å²) >= 11 is 0. The number of carbonyl (C=O) groups excluding carboxylic acids is 4. The third-order valence-electron chi connectivity index (χ3n) is 10.5. The van der Waals surface area contributed by atoms with Crippen molar-refractivity contribution in [2.24, 2.45) is 29.6 Å². The molecule has 6 rings (SSSR count). The summed E-state index contributed by atoms with van der Waals surface area (Å²) in [6.45, 7) is 11.7. The van der Waals surface area contributed by atoms with Crippen LogP contribution < -0.4 is 10.6 Å². The second-order valence-electron chi connectivity index (χ2n) is 14.7. The number of amides is 2. The number of fused-ring (bicyclic) bond motifs is 2. The van der Waals surface area contributed by atoms with Gasteiger partial charge in [0.1, 0.15) is 17.8 Å². The number of phenolic OH excluding ortho intramolecular Hbond substituents is 1. The molecule has 1 spiro atoms. The van der Waals surface area contributed by atoms with E-state index in [2.05, 4.69) is 17.6 Å². The quantitative estimate of drug-likeness (QED) is 0.202. The van der Waals surface area contributed by atoms with Gasteiger partial charge in [-0.2, -0.15) is 0 Å². The van der Waals surface area contributed by atoms with Crippen molar-refractivity contribution in [3.8, 4) is 5.75 Å². The fourth-order valence-electron chi connectivity index (χ4n) is 7.96. The summed E-state index contributed by atoms with van der Waals surface area (Å²) in [7, 11) is 0. The van der Waals surface area contributed by atoms with Crippen molar-refractivity contribution in [3.05, 3.63) is 29.8 Å². The van der Waals surface area contributed by atoms with Crippen LogP contribution in [0.3, 0.4) is 0 Å². The van der Waals surface area contributed by atoms with Crippen molar-refractivity contribution in [1.82, 2.24) is 10.6 Å². The Morgan fingerprint density at radius 2 is 1.71 bits per heavy atom. The number of hydrogen-bond acceptors (Lipinski definition) is 11. The first kappa shape index (κ1) is 37.0. The number of ether oxygens (including phenoxy) is 4. The predicted octanol–water partition coefficient (Wildman–Crippen LogP) is 4.04. The van der Waals surface area contributed by atoms with E-state index in [4.69, 9.17) is 28.7 Å². The molecule has 272 valence electrons. The molecule has 0 unspecified atom stereocenters. The van der Waals surface area contributed by atoms with Crippen molar-refractivity contribution in [2.75, 3.05) is 6.61 Å². The maximum Gasteiger partial charge on any atom is 0.328 e. The van der Waals surface area contributed by atoms with E-state index >= 15 is 0 Å². The van der Waals surface area contributed by atoms with Gasteiger partial charge in [-0.05, 0) is 75.0 Å². The molecular weight excluding hydrogens is 636 g/mol. The maximum atomic E-state index is 13.4. The van der Waals surface area contributed by atoms with Crippen LogP contribution in [-0.4, -0.2) is 71.5 Å². The van der Waals surface area contributed by atoms with Gasteiger partial charge in [-0.15, -0.1) is 0 Å². The lowest BCUT2D eigenvalue weighted by Crippen LogP contribution is -2.70. The monoisotopic (exact) mass is 688 g/mol. The van der Waals surface area contributed by atoms with E-state index in [1.165, 1.54) is 12.1 Å². The molecule has 1 aliphatic carbocycles. The van der Waals surface area contributed by atoms with Crippen LogP contribution in [0.1, 0.15) is 92.1 Å². The van der Waals surface area contributed by atoms with Crippen LogP contribution in [0.25, 0.3) is 0 Å². The van der Waals surface area contributed by atoms with Crippen LogP contribution in [0.2, 0.25) is 0 Å². The van der Waals surface area contributed by atoms with Gasteiger partial charge in [-0.25, -0.2) is 14.6 Å². The Balaban J connectivity index is 1.18. The molecule has 4 heterocycles. The highest BCUT2D eigenvalue weighted by molar-refractivity contribution is 5.91. The molecule has 49 heavy (non-hydrogen) atoms. The molecule has 0 radical (unpaired) electrons. The topological polar surface area (TPSA) is 168 Å². The lowest BCUT2D eigenvalue weighted by Gasteiger charge is -2.59. The molecule has 2 amide bonds. The Hall–Kier alpha value is -3.26. The van der Waals surface area contributed by atoms with E-state index in [0.717, 1.165) is 19.3 Å². The van der Waals surface area contributed by atoms with Crippen molar-refractivity contribution < 1.29 is 53.0 Å². The molecule has 13 heteroatoms. The molecular formula is C36H52N2O11. The largest absolute Gasteiger partial charge is 0.508 e. The summed E-state index contributed by atoms with van der Waals surface area (Å²) in [5.41, 5.74) is -0.0744. The van der Waals surface area contributed by atoms with Crippen molar-refractivity contribution in [2.45, 2.75) is 129 Å². The Labute approximate surface area is 288 Å². The van der Waals surface area contributed by atoms with Crippen molar-refractivity contribution >= 4 is 23.8 Å². The third kappa shape index (κ3) is 8.22. The molecule has 13 nitrogen and oxygen atoms in total. The third-order valence-corrected chi connectivity index (χ3v) is 10.5. The zero-order valence-electron chi connectivity index (χ0n) is 29.4. The number of hydrogen-bond donors (Lipinski definition) is 3. The first-order valence-corrected chi connectivity index (χ1v) is 17.7. The molecule has 0 aromatic heterocycles. The summed E-state index contributed by atoms with van der Waals surface area (Å²) in [5.74, 6) is -2.74. The van der Waals surface area contributed by atoms with Crippen LogP contribution in [0, 0.1) is 29.6 Å². The van der Waals surface area contributed by atoms with Gasteiger partial charge < -0.3 is 34.7 Å². The second kappa shape index (κ2) is 15.3. The normalized spacial score (nSPS) is 33.0. The number of rotatable bonds is 13. The van der Waals surface area contributed by atoms with Crippen molar-refractivity contribution in [3.63, 3.8) is 0 Å². The van der Waals surface area contributed by atoms with E-state index in [9.17, 15) is 24.3 Å². The molecule has 4 aliphatic heterocycles. The molecule has 4 saturated heterocycles. The van der Waals surface area contributed by atoms with Gasteiger partial charge in [0.15, 0.2) is 11.9 Å². The first-order valence-electron chi connectivity index (χ1n) is 17.7. The highest BCUT2D eigenvalue weighted by Gasteiger charge is 2.69. The number of esters is 2. The molecule has 3 N–H and O–H groups in total. The first-order chi connectivity index (χ1) is 23.2. The Morgan fingerprint density at radius 3 is 2.41 bits per heavy atom. The molecule has 10 atom stereocenters. The fourth-order valence-corrected chi connectivity index (χ4v) is 7.96. The summed E-state index contributed by atoms with van der Waals surface area (Å²) in [6, 6.07) is 4.33. The number of aromatic hydroxyl groups is 1. The Morgan fingerprint density at radius 1 is 0.980 bits per heavy atom. The van der Waals surface area contributed by atoms with Crippen LogP contribution in [0.5, 0.6) is 5.75 Å². The number of carbonyl (C=O) groups is 4. The standard InChI is InChI=1S/C36H52N2O11/c1-7-44-32(43)28(19-23-9-11-24(39)12-10-23)38-31(42)27(18-20(2)3)37-29(40)14-15-30(41)45-33-22(5)26-13-8-21(4)25-16-17-35(6)47-34(46-33)36(25,26)49-48-35/h9-12,20-22,25-28,33-34,39H,7-8,13-19H2,1-6H3,(H,37,40)(H,38,42)/t21-,22+,25+,26-,27+,28+,33-,34+,35-,36-/m1/s1. The molecule has 1 saturated carbocycles. The van der Waals surface area contributed by atoms with Gasteiger partial charge >= 0.3 is 11.9 Å². The lowest BCUT2D eigenvalue weighted by atomic mass is 9.58. The minimum absolute atomic E-state index is 0.0148. The van der Waals surface area contributed by atoms with Crippen LogP contribution in [0.4, 0.5) is 0 Å². The predicted molar refractivity (Wildman–Crippen MR) is 174 cm³/mol. The minimum atomic E-state index is -1.01. The summed E-state index contributed by atoms with van der Waals surface area (Å²) in [5, 5.41) is 15.1. The molecule has 5 fully saturated rings. The molecule has 1 aromatic rings. The van der Waals surface area contributed by atoms with Crippen LogP contribution in [0.15, 0.2) is 24.3 Å². The SMILES string of the molecule is CCOC(=O)[C@H](Cc1ccc(O)cc1)NC(=O)[C@H](CC(C)C)NC(=O)CCC(=O)O[C@@H]1O[C@H]2O[C@@]3(C)CC[C@H]4[C@H](C)CC[C@H]([C@@H]1C)[C@@]24OO3. The number of phenols is 1. The van der Waals surface area contributed by atoms with E-state index in [-0.39, 0.29) is 55.3 Å². The highest BCUT2D eigenvalue weighted by Crippen LogP contribution is 2.60. The summed E-state index contributed by atoms with van der Waals surface area (Å²) < 4.78 is 23.7. The second-order valence-corrected chi connectivity index (χ2v) is 14.7. The van der Waals surface area contributed by atoms with Crippen LogP contribution in [-0.2, 0) is 54.3 Å². The maximum absolute atomic E-state index is 13.4. The number of benzene rings is 1. The van der Waals surface area contributed by atoms with Gasteiger partial charge in [0.2, 0.25) is 23.9 Å². The summed E-state index contributed by atoms with van der Waals surface area (Å²) in [4.78, 5) is 64.3. The average molecular weight is 689 g/mol.